The van der Waals surface area contributed by atoms with Gasteiger partial charge >= 0.3 is 12.1 Å². The first kappa shape index (κ1) is 26.5. The molecule has 3 atom stereocenters. The number of halogens is 4. The molecule has 0 aliphatic heterocycles. The number of furan rings is 1. The first-order valence-corrected chi connectivity index (χ1v) is 11.8. The molecule has 0 radical (unpaired) electrons. The fourth-order valence-corrected chi connectivity index (χ4v) is 4.49. The number of ether oxygens (including phenoxy) is 1. The molecule has 1 aromatic carbocycles. The van der Waals surface area contributed by atoms with Crippen molar-refractivity contribution in [1.29, 1.82) is 0 Å². The van der Waals surface area contributed by atoms with Crippen LogP contribution in [0.25, 0.3) is 16.7 Å². The van der Waals surface area contributed by atoms with Crippen molar-refractivity contribution < 1.29 is 32.2 Å². The Kier molecular flexibility index (Phi) is 7.74. The van der Waals surface area contributed by atoms with Gasteiger partial charge in [0, 0.05) is 22.2 Å². The zero-order valence-corrected chi connectivity index (χ0v) is 20.2. The van der Waals surface area contributed by atoms with Gasteiger partial charge in [0.1, 0.15) is 6.04 Å². The van der Waals surface area contributed by atoms with Crippen LogP contribution in [-0.4, -0.2) is 33.3 Å². The van der Waals surface area contributed by atoms with Gasteiger partial charge < -0.3 is 25.7 Å². The number of carbonyl (C=O) groups is 1. The van der Waals surface area contributed by atoms with Crippen molar-refractivity contribution in [3.63, 3.8) is 0 Å². The standard InChI is InChI=1S/C25H24ClF3N4O4/c26-16-5-6-17(18(10-16)15-7-8-36-12-15)22(25(27,28)29)37-21-11-20(32-24(31)33-21)14-3-1-13(2-4-14)9-19(30)23(34)35/h3,5-8,10-13,19,22H,1-2,4,9,30H2,(H,34,35)(H2,31,32,33). The normalized spacial score (nSPS) is 17.6. The second kappa shape index (κ2) is 10.8. The van der Waals surface area contributed by atoms with E-state index in [1.165, 1.54) is 42.9 Å². The number of alkyl halides is 3. The van der Waals surface area contributed by atoms with Crippen molar-refractivity contribution in [2.24, 2.45) is 11.7 Å². The first-order valence-electron chi connectivity index (χ1n) is 11.4. The van der Waals surface area contributed by atoms with E-state index in [-0.39, 0.29) is 33.9 Å². The molecule has 1 aliphatic carbocycles. The van der Waals surface area contributed by atoms with Crippen LogP contribution >= 0.6 is 11.6 Å². The molecule has 8 nitrogen and oxygen atoms in total. The van der Waals surface area contributed by atoms with Gasteiger partial charge in [0.15, 0.2) is 0 Å². The van der Waals surface area contributed by atoms with Crippen molar-refractivity contribution in [1.82, 2.24) is 9.97 Å². The van der Waals surface area contributed by atoms with Crippen molar-refractivity contribution in [2.75, 3.05) is 5.73 Å². The molecule has 0 saturated carbocycles. The minimum absolute atomic E-state index is 0.0746. The van der Waals surface area contributed by atoms with Gasteiger partial charge in [0.05, 0.1) is 18.2 Å². The minimum Gasteiger partial charge on any atom is -0.480 e. The molecule has 37 heavy (non-hydrogen) atoms. The molecule has 3 unspecified atom stereocenters. The number of nitrogens with two attached hydrogens (primary N) is 2. The molecule has 2 aromatic heterocycles. The maximum atomic E-state index is 14.3. The lowest BCUT2D eigenvalue weighted by molar-refractivity contribution is -0.198. The molecule has 0 fully saturated rings. The van der Waals surface area contributed by atoms with Crippen molar-refractivity contribution >= 4 is 29.1 Å². The number of aromatic nitrogens is 2. The largest absolute Gasteiger partial charge is 0.480 e. The summed E-state index contributed by atoms with van der Waals surface area (Å²) in [6, 6.07) is 5.90. The Morgan fingerprint density at radius 3 is 2.68 bits per heavy atom. The number of allylic oxidation sites excluding steroid dienone is 2. The number of benzene rings is 1. The van der Waals surface area contributed by atoms with Gasteiger partial charge in [-0.3, -0.25) is 4.79 Å². The van der Waals surface area contributed by atoms with Crippen LogP contribution in [0.15, 0.2) is 53.4 Å². The van der Waals surface area contributed by atoms with E-state index in [9.17, 15) is 18.0 Å². The number of carboxylic acids is 1. The summed E-state index contributed by atoms with van der Waals surface area (Å²) >= 11 is 6.06. The summed E-state index contributed by atoms with van der Waals surface area (Å²) in [6.45, 7) is 0. The van der Waals surface area contributed by atoms with Gasteiger partial charge in [0.2, 0.25) is 17.9 Å². The van der Waals surface area contributed by atoms with Crippen LogP contribution in [0.2, 0.25) is 5.02 Å². The maximum absolute atomic E-state index is 14.3. The van der Waals surface area contributed by atoms with Crippen molar-refractivity contribution in [2.45, 2.75) is 44.0 Å². The third-order valence-electron chi connectivity index (χ3n) is 6.14. The average molecular weight is 537 g/mol. The smallest absolute Gasteiger partial charge is 0.429 e. The summed E-state index contributed by atoms with van der Waals surface area (Å²) in [5.74, 6) is -1.56. The highest BCUT2D eigenvalue weighted by Gasteiger charge is 2.45. The molecule has 0 saturated heterocycles. The highest BCUT2D eigenvalue weighted by atomic mass is 35.5. The van der Waals surface area contributed by atoms with E-state index < -0.39 is 24.3 Å². The second-order valence-corrected chi connectivity index (χ2v) is 9.22. The topological polar surface area (TPSA) is 137 Å². The number of carboxylic acid groups (broad SMARTS) is 1. The minimum atomic E-state index is -4.80. The van der Waals surface area contributed by atoms with Crippen LogP contribution in [0.3, 0.4) is 0 Å². The van der Waals surface area contributed by atoms with Crippen LogP contribution in [0.5, 0.6) is 5.88 Å². The van der Waals surface area contributed by atoms with E-state index in [0.29, 0.717) is 36.9 Å². The second-order valence-electron chi connectivity index (χ2n) is 8.78. The van der Waals surface area contributed by atoms with Gasteiger partial charge in [-0.05, 0) is 60.9 Å². The number of rotatable bonds is 8. The Morgan fingerprint density at radius 1 is 1.27 bits per heavy atom. The molecule has 196 valence electrons. The van der Waals surface area contributed by atoms with E-state index in [0.717, 1.165) is 5.57 Å². The predicted molar refractivity (Wildman–Crippen MR) is 131 cm³/mol. The van der Waals surface area contributed by atoms with Crippen molar-refractivity contribution in [3.8, 4) is 17.0 Å². The lowest BCUT2D eigenvalue weighted by Gasteiger charge is -2.25. The van der Waals surface area contributed by atoms with E-state index in [1.54, 1.807) is 0 Å². The molecule has 4 rings (SSSR count). The van der Waals surface area contributed by atoms with Gasteiger partial charge in [-0.25, -0.2) is 4.98 Å². The Labute approximate surface area is 215 Å². The van der Waals surface area contributed by atoms with Crippen LogP contribution in [-0.2, 0) is 4.79 Å². The lowest BCUT2D eigenvalue weighted by Crippen LogP contribution is -2.32. The molecule has 12 heteroatoms. The van der Waals surface area contributed by atoms with Gasteiger partial charge in [-0.1, -0.05) is 23.7 Å². The Balaban J connectivity index is 1.62. The van der Waals surface area contributed by atoms with E-state index in [2.05, 4.69) is 9.97 Å². The lowest BCUT2D eigenvalue weighted by atomic mass is 9.84. The number of aliphatic carboxylic acids is 1. The zero-order chi connectivity index (χ0) is 26.7. The molecule has 3 aromatic rings. The van der Waals surface area contributed by atoms with Crippen LogP contribution < -0.4 is 16.2 Å². The summed E-state index contributed by atoms with van der Waals surface area (Å²) in [7, 11) is 0. The molecule has 0 bridgehead atoms. The number of anilines is 1. The van der Waals surface area contributed by atoms with Gasteiger partial charge in [0.25, 0.3) is 0 Å². The molecule has 0 spiro atoms. The molecular weight excluding hydrogens is 513 g/mol. The summed E-state index contributed by atoms with van der Waals surface area (Å²) in [5, 5.41) is 9.27. The number of hydrogen-bond acceptors (Lipinski definition) is 7. The predicted octanol–water partition coefficient (Wildman–Crippen LogP) is 5.64. The fraction of sp³-hybridized carbons (Fsp3) is 0.320. The van der Waals surface area contributed by atoms with E-state index >= 15 is 0 Å². The number of nitrogen functional groups attached to an aromatic ring is 1. The highest BCUT2D eigenvalue weighted by molar-refractivity contribution is 6.30. The Morgan fingerprint density at radius 2 is 2.05 bits per heavy atom. The Bertz CT molecular complexity index is 1300. The third kappa shape index (κ3) is 6.41. The van der Waals surface area contributed by atoms with E-state index in [1.807, 2.05) is 6.08 Å². The number of hydrogen-bond donors (Lipinski definition) is 3. The molecule has 0 amide bonds. The monoisotopic (exact) mass is 536 g/mol. The van der Waals surface area contributed by atoms with Crippen LogP contribution in [0.4, 0.5) is 19.1 Å². The quantitative estimate of drug-likeness (QED) is 0.336. The maximum Gasteiger partial charge on any atom is 0.429 e. The van der Waals surface area contributed by atoms with Gasteiger partial charge in [-0.15, -0.1) is 0 Å². The molecule has 2 heterocycles. The summed E-state index contributed by atoms with van der Waals surface area (Å²) in [5.41, 5.74) is 13.0. The van der Waals surface area contributed by atoms with Crippen LogP contribution in [0, 0.1) is 5.92 Å². The molecule has 1 aliphatic rings. The van der Waals surface area contributed by atoms with Crippen LogP contribution in [0.1, 0.15) is 43.0 Å². The first-order chi connectivity index (χ1) is 17.5. The average Bonchev–Trinajstić information content (AvgIpc) is 3.37. The number of nitrogens with zero attached hydrogens (tertiary/aromatic N) is 2. The van der Waals surface area contributed by atoms with Crippen molar-refractivity contribution in [3.05, 3.63) is 65.2 Å². The summed E-state index contributed by atoms with van der Waals surface area (Å²) in [6.07, 6.45) is -0.590. The molecular formula is C25H24ClF3N4O4. The Hall–Kier alpha value is -3.57. The van der Waals surface area contributed by atoms with E-state index in [4.69, 9.17) is 37.3 Å². The molecule has 5 N–H and O–H groups in total. The summed E-state index contributed by atoms with van der Waals surface area (Å²) in [4.78, 5) is 19.1. The van der Waals surface area contributed by atoms with Gasteiger partial charge in [-0.2, -0.15) is 18.2 Å². The zero-order valence-electron chi connectivity index (χ0n) is 19.4. The summed E-state index contributed by atoms with van der Waals surface area (Å²) < 4.78 is 53.2. The highest BCUT2D eigenvalue weighted by Crippen LogP contribution is 2.42. The SMILES string of the molecule is Nc1nc(OC(c2ccc(Cl)cc2-c2ccoc2)C(F)(F)F)cc(C2=CCC(CC(N)C(=O)O)CC2)n1. The fourth-order valence-electron chi connectivity index (χ4n) is 4.32. The third-order valence-corrected chi connectivity index (χ3v) is 6.37.